The molecule has 2 rings (SSSR count). The van der Waals surface area contributed by atoms with Crippen LogP contribution in [0.1, 0.15) is 32.3 Å². The predicted molar refractivity (Wildman–Crippen MR) is 80.6 cm³/mol. The molecule has 2 nitrogen and oxygen atoms in total. The van der Waals surface area contributed by atoms with Gasteiger partial charge in [-0.25, -0.2) is 0 Å². The third-order valence-electron chi connectivity index (χ3n) is 4.17. The van der Waals surface area contributed by atoms with Crippen molar-refractivity contribution in [3.8, 4) is 5.75 Å². The lowest BCUT2D eigenvalue weighted by atomic mass is 9.70. The number of ether oxygens (including phenoxy) is 1. The van der Waals surface area contributed by atoms with Crippen LogP contribution < -0.4 is 10.1 Å². The second-order valence-corrected chi connectivity index (χ2v) is 6.21. The van der Waals surface area contributed by atoms with Crippen LogP contribution in [0.25, 0.3) is 0 Å². The van der Waals surface area contributed by atoms with E-state index in [9.17, 15) is 0 Å². The molecule has 106 valence electrons. The Hall–Kier alpha value is -1.02. The molecule has 0 spiro atoms. The highest BCUT2D eigenvalue weighted by Gasteiger charge is 2.30. The average Bonchev–Trinajstić information content (AvgIpc) is 2.39. The van der Waals surface area contributed by atoms with Crippen LogP contribution in [0.15, 0.2) is 24.3 Å². The first kappa shape index (κ1) is 14.4. The van der Waals surface area contributed by atoms with Crippen molar-refractivity contribution in [2.24, 2.45) is 17.8 Å². The Morgan fingerprint density at radius 2 is 2.05 bits per heavy atom. The molecule has 0 radical (unpaired) electrons. The Morgan fingerprint density at radius 1 is 1.26 bits per heavy atom. The molecule has 1 aliphatic carbocycles. The Morgan fingerprint density at radius 3 is 2.68 bits per heavy atom. The SMILES string of the molecule is COc1cccc(CC2CCC2CNCC(C)C)c1. The maximum atomic E-state index is 5.29. The van der Waals surface area contributed by atoms with Gasteiger partial charge in [0.25, 0.3) is 0 Å². The van der Waals surface area contributed by atoms with Crippen LogP contribution >= 0.6 is 0 Å². The van der Waals surface area contributed by atoms with E-state index >= 15 is 0 Å². The molecule has 2 unspecified atom stereocenters. The summed E-state index contributed by atoms with van der Waals surface area (Å²) in [4.78, 5) is 0. The summed E-state index contributed by atoms with van der Waals surface area (Å²) in [6, 6.07) is 8.52. The molecule has 1 fully saturated rings. The fourth-order valence-electron chi connectivity index (χ4n) is 2.84. The molecule has 2 heteroatoms. The van der Waals surface area contributed by atoms with E-state index in [1.165, 1.54) is 31.4 Å². The van der Waals surface area contributed by atoms with Crippen molar-refractivity contribution in [1.82, 2.24) is 5.32 Å². The van der Waals surface area contributed by atoms with E-state index in [-0.39, 0.29) is 0 Å². The molecule has 1 saturated carbocycles. The standard InChI is InChI=1S/C17H27NO/c1-13(2)11-18-12-16-8-7-15(16)9-14-5-4-6-17(10-14)19-3/h4-6,10,13,15-16,18H,7-9,11-12H2,1-3H3. The lowest BCUT2D eigenvalue weighted by Gasteiger charge is -2.37. The molecule has 0 saturated heterocycles. The molecule has 0 bridgehead atoms. The minimum absolute atomic E-state index is 0.747. The van der Waals surface area contributed by atoms with Crippen LogP contribution in [-0.2, 0) is 6.42 Å². The van der Waals surface area contributed by atoms with Crippen molar-refractivity contribution in [1.29, 1.82) is 0 Å². The number of hydrogen-bond donors (Lipinski definition) is 1. The summed E-state index contributed by atoms with van der Waals surface area (Å²) in [5.41, 5.74) is 1.41. The summed E-state index contributed by atoms with van der Waals surface area (Å²) in [6.45, 7) is 6.86. The van der Waals surface area contributed by atoms with E-state index in [1.807, 2.05) is 6.07 Å². The minimum Gasteiger partial charge on any atom is -0.497 e. The summed E-state index contributed by atoms with van der Waals surface area (Å²) in [5.74, 6) is 3.44. The molecule has 2 atom stereocenters. The number of rotatable bonds is 7. The molecule has 1 aromatic rings. The summed E-state index contributed by atoms with van der Waals surface area (Å²) < 4.78 is 5.29. The predicted octanol–water partition coefficient (Wildman–Crippen LogP) is 3.51. The van der Waals surface area contributed by atoms with E-state index in [0.717, 1.165) is 30.0 Å². The maximum Gasteiger partial charge on any atom is 0.119 e. The van der Waals surface area contributed by atoms with Gasteiger partial charge in [-0.05, 0) is 67.8 Å². The summed E-state index contributed by atoms with van der Waals surface area (Å²) in [5, 5.41) is 3.60. The fraction of sp³-hybridized carbons (Fsp3) is 0.647. The monoisotopic (exact) mass is 261 g/mol. The first-order chi connectivity index (χ1) is 9.19. The number of hydrogen-bond acceptors (Lipinski definition) is 2. The van der Waals surface area contributed by atoms with Crippen molar-refractivity contribution in [3.63, 3.8) is 0 Å². The molecule has 19 heavy (non-hydrogen) atoms. The van der Waals surface area contributed by atoms with Gasteiger partial charge in [0.2, 0.25) is 0 Å². The molecule has 0 aliphatic heterocycles. The highest BCUT2D eigenvalue weighted by Crippen LogP contribution is 2.36. The van der Waals surface area contributed by atoms with Crippen LogP contribution in [0, 0.1) is 17.8 Å². The molecule has 1 N–H and O–H groups in total. The quantitative estimate of drug-likeness (QED) is 0.811. The van der Waals surface area contributed by atoms with Crippen LogP contribution in [0.4, 0.5) is 0 Å². The van der Waals surface area contributed by atoms with Gasteiger partial charge in [0.15, 0.2) is 0 Å². The topological polar surface area (TPSA) is 21.3 Å². The highest BCUT2D eigenvalue weighted by atomic mass is 16.5. The molecule has 1 aromatic carbocycles. The van der Waals surface area contributed by atoms with Gasteiger partial charge in [-0.1, -0.05) is 26.0 Å². The second kappa shape index (κ2) is 6.95. The Bertz CT molecular complexity index is 389. The zero-order valence-corrected chi connectivity index (χ0v) is 12.5. The van der Waals surface area contributed by atoms with Gasteiger partial charge in [-0.2, -0.15) is 0 Å². The third-order valence-corrected chi connectivity index (χ3v) is 4.17. The molecule has 1 aliphatic rings. The Kier molecular flexibility index (Phi) is 5.26. The van der Waals surface area contributed by atoms with Crippen molar-refractivity contribution in [2.45, 2.75) is 33.1 Å². The zero-order valence-electron chi connectivity index (χ0n) is 12.5. The lowest BCUT2D eigenvalue weighted by molar-refractivity contribution is 0.169. The van der Waals surface area contributed by atoms with E-state index in [1.54, 1.807) is 7.11 Å². The van der Waals surface area contributed by atoms with Crippen molar-refractivity contribution >= 4 is 0 Å². The smallest absolute Gasteiger partial charge is 0.119 e. The molecular weight excluding hydrogens is 234 g/mol. The van der Waals surface area contributed by atoms with E-state index in [4.69, 9.17) is 4.74 Å². The van der Waals surface area contributed by atoms with Gasteiger partial charge in [0, 0.05) is 0 Å². The number of methoxy groups -OCH3 is 1. The van der Waals surface area contributed by atoms with Gasteiger partial charge < -0.3 is 10.1 Å². The maximum absolute atomic E-state index is 5.29. The van der Waals surface area contributed by atoms with Gasteiger partial charge in [0.1, 0.15) is 5.75 Å². The van der Waals surface area contributed by atoms with E-state index in [0.29, 0.717) is 0 Å². The number of benzene rings is 1. The zero-order chi connectivity index (χ0) is 13.7. The molecule has 0 aromatic heterocycles. The largest absolute Gasteiger partial charge is 0.497 e. The van der Waals surface area contributed by atoms with Gasteiger partial charge >= 0.3 is 0 Å². The lowest BCUT2D eigenvalue weighted by Crippen LogP contribution is -2.37. The fourth-order valence-corrected chi connectivity index (χ4v) is 2.84. The second-order valence-electron chi connectivity index (χ2n) is 6.21. The third kappa shape index (κ3) is 4.24. The molecule has 0 amide bonds. The first-order valence-corrected chi connectivity index (χ1v) is 7.52. The normalized spacial score (nSPS) is 22.3. The van der Waals surface area contributed by atoms with E-state index < -0.39 is 0 Å². The van der Waals surface area contributed by atoms with Gasteiger partial charge in [0.05, 0.1) is 7.11 Å². The van der Waals surface area contributed by atoms with Crippen LogP contribution in [-0.4, -0.2) is 20.2 Å². The van der Waals surface area contributed by atoms with Crippen molar-refractivity contribution in [3.05, 3.63) is 29.8 Å². The van der Waals surface area contributed by atoms with Gasteiger partial charge in [-0.15, -0.1) is 0 Å². The molecular formula is C17H27NO. The van der Waals surface area contributed by atoms with E-state index in [2.05, 4.69) is 37.4 Å². The number of nitrogens with one attached hydrogen (secondary N) is 1. The van der Waals surface area contributed by atoms with Crippen LogP contribution in [0.3, 0.4) is 0 Å². The minimum atomic E-state index is 0.747. The van der Waals surface area contributed by atoms with Crippen molar-refractivity contribution in [2.75, 3.05) is 20.2 Å². The van der Waals surface area contributed by atoms with Crippen LogP contribution in [0.5, 0.6) is 5.75 Å². The first-order valence-electron chi connectivity index (χ1n) is 7.52. The Balaban J connectivity index is 1.79. The summed E-state index contributed by atoms with van der Waals surface area (Å²) >= 11 is 0. The highest BCUT2D eigenvalue weighted by molar-refractivity contribution is 5.28. The van der Waals surface area contributed by atoms with Gasteiger partial charge in [-0.3, -0.25) is 0 Å². The summed E-state index contributed by atoms with van der Waals surface area (Å²) in [7, 11) is 1.74. The Labute approximate surface area is 117 Å². The van der Waals surface area contributed by atoms with Crippen LogP contribution in [0.2, 0.25) is 0 Å². The molecule has 0 heterocycles. The van der Waals surface area contributed by atoms with Crippen molar-refractivity contribution < 1.29 is 4.74 Å². The summed E-state index contributed by atoms with van der Waals surface area (Å²) in [6.07, 6.45) is 3.97. The average molecular weight is 261 g/mol.